The lowest BCUT2D eigenvalue weighted by atomic mass is 9.78. The lowest BCUT2D eigenvalue weighted by Gasteiger charge is -2.30. The fourth-order valence-corrected chi connectivity index (χ4v) is 2.53. The van der Waals surface area contributed by atoms with Crippen LogP contribution in [0.1, 0.15) is 38.7 Å². The molecule has 0 radical (unpaired) electrons. The van der Waals surface area contributed by atoms with Gasteiger partial charge in [0.2, 0.25) is 0 Å². The van der Waals surface area contributed by atoms with Crippen LogP contribution in [0.2, 0.25) is 5.02 Å². The second-order valence-electron chi connectivity index (χ2n) is 5.26. The van der Waals surface area contributed by atoms with Crippen molar-refractivity contribution in [1.29, 1.82) is 0 Å². The minimum atomic E-state index is 0. The van der Waals surface area contributed by atoms with Crippen LogP contribution in [0.5, 0.6) is 0 Å². The topological polar surface area (TPSA) is 65.7 Å². The summed E-state index contributed by atoms with van der Waals surface area (Å²) in [4.78, 5) is 4.03. The van der Waals surface area contributed by atoms with Gasteiger partial charge in [0, 0.05) is 10.4 Å². The summed E-state index contributed by atoms with van der Waals surface area (Å²) in [5.41, 5.74) is 1.37. The van der Waals surface area contributed by atoms with Crippen molar-refractivity contribution in [2.75, 3.05) is 0 Å². The number of hydrogen-bond acceptors (Lipinski definition) is 3. The molecule has 4 nitrogen and oxygen atoms in total. The van der Waals surface area contributed by atoms with E-state index in [9.17, 15) is 0 Å². The van der Waals surface area contributed by atoms with E-state index in [1.54, 1.807) is 12.7 Å². The average molecular weight is 295 g/mol. The monoisotopic (exact) mass is 294 g/mol. The van der Waals surface area contributed by atoms with E-state index in [2.05, 4.69) is 36.1 Å². The van der Waals surface area contributed by atoms with Crippen LogP contribution < -0.4 is 6.15 Å². The van der Waals surface area contributed by atoms with Crippen LogP contribution in [0.15, 0.2) is 36.9 Å². The zero-order valence-electron chi connectivity index (χ0n) is 12.2. The standard InChI is InChI=1S/C15H20ClN3.H3N/c1-3-4-9-15(2,10-19-12-17-11-18-19)13-5-7-14(16)8-6-13;/h5-8,11-12H,3-4,9-10H2,1-2H3;1H3. The van der Waals surface area contributed by atoms with Gasteiger partial charge in [0.05, 0.1) is 6.54 Å². The van der Waals surface area contributed by atoms with Gasteiger partial charge in [-0.1, -0.05) is 50.4 Å². The van der Waals surface area contributed by atoms with E-state index in [0.717, 1.165) is 18.0 Å². The van der Waals surface area contributed by atoms with Gasteiger partial charge in [-0.05, 0) is 24.1 Å². The molecule has 5 heteroatoms. The van der Waals surface area contributed by atoms with Crippen molar-refractivity contribution < 1.29 is 0 Å². The summed E-state index contributed by atoms with van der Waals surface area (Å²) >= 11 is 5.98. The first-order valence-corrected chi connectivity index (χ1v) is 7.10. The number of rotatable bonds is 6. The van der Waals surface area contributed by atoms with Crippen molar-refractivity contribution in [2.45, 2.75) is 45.1 Å². The van der Waals surface area contributed by atoms with E-state index in [0.29, 0.717) is 0 Å². The van der Waals surface area contributed by atoms with Gasteiger partial charge in [-0.2, -0.15) is 5.10 Å². The number of benzene rings is 1. The Morgan fingerprint density at radius 3 is 2.50 bits per heavy atom. The zero-order chi connectivity index (χ0) is 13.7. The van der Waals surface area contributed by atoms with Gasteiger partial charge >= 0.3 is 0 Å². The molecular formula is C15H23ClN4. The highest BCUT2D eigenvalue weighted by atomic mass is 35.5. The van der Waals surface area contributed by atoms with Crippen LogP contribution in [0.3, 0.4) is 0 Å². The maximum absolute atomic E-state index is 5.98. The Bertz CT molecular complexity index is 495. The molecule has 1 aromatic carbocycles. The van der Waals surface area contributed by atoms with E-state index < -0.39 is 0 Å². The Hall–Kier alpha value is -1.39. The van der Waals surface area contributed by atoms with Crippen molar-refractivity contribution in [3.63, 3.8) is 0 Å². The quantitative estimate of drug-likeness (QED) is 0.866. The summed E-state index contributed by atoms with van der Waals surface area (Å²) in [5, 5.41) is 5.01. The van der Waals surface area contributed by atoms with Crippen LogP contribution in [0.25, 0.3) is 0 Å². The predicted octanol–water partition coefficient (Wildman–Crippen LogP) is 4.24. The van der Waals surface area contributed by atoms with Crippen LogP contribution in [0, 0.1) is 0 Å². The molecule has 110 valence electrons. The first kappa shape index (κ1) is 16.7. The predicted molar refractivity (Wildman–Crippen MR) is 83.4 cm³/mol. The molecule has 0 amide bonds. The molecule has 2 aromatic rings. The molecule has 3 N–H and O–H groups in total. The lowest BCUT2D eigenvalue weighted by molar-refractivity contribution is 0.340. The number of unbranched alkanes of at least 4 members (excludes halogenated alkanes) is 1. The summed E-state index contributed by atoms with van der Waals surface area (Å²) in [6.07, 6.45) is 6.89. The highest BCUT2D eigenvalue weighted by Gasteiger charge is 2.27. The maximum atomic E-state index is 5.98. The second kappa shape index (κ2) is 7.41. The van der Waals surface area contributed by atoms with Crippen molar-refractivity contribution >= 4 is 11.6 Å². The molecule has 0 spiro atoms. The van der Waals surface area contributed by atoms with E-state index in [-0.39, 0.29) is 11.6 Å². The van der Waals surface area contributed by atoms with Crippen LogP contribution in [-0.4, -0.2) is 14.8 Å². The molecule has 0 aliphatic carbocycles. The fraction of sp³-hybridized carbons (Fsp3) is 0.467. The molecular weight excluding hydrogens is 272 g/mol. The summed E-state index contributed by atoms with van der Waals surface area (Å²) in [7, 11) is 0. The minimum Gasteiger partial charge on any atom is -0.344 e. The van der Waals surface area contributed by atoms with E-state index >= 15 is 0 Å². The number of nitrogens with zero attached hydrogens (tertiary/aromatic N) is 3. The van der Waals surface area contributed by atoms with Gasteiger partial charge in [-0.15, -0.1) is 0 Å². The third-order valence-electron chi connectivity index (χ3n) is 3.60. The van der Waals surface area contributed by atoms with Crippen molar-refractivity contribution in [2.24, 2.45) is 0 Å². The Labute approximate surface area is 125 Å². The number of aromatic nitrogens is 3. The maximum Gasteiger partial charge on any atom is 0.137 e. The molecule has 0 saturated heterocycles. The second-order valence-corrected chi connectivity index (χ2v) is 5.70. The number of halogens is 1. The smallest absolute Gasteiger partial charge is 0.137 e. The lowest BCUT2D eigenvalue weighted by Crippen LogP contribution is -2.28. The molecule has 2 rings (SSSR count). The minimum absolute atomic E-state index is 0. The zero-order valence-corrected chi connectivity index (χ0v) is 13.0. The summed E-state index contributed by atoms with van der Waals surface area (Å²) in [6.45, 7) is 5.35. The van der Waals surface area contributed by atoms with Crippen molar-refractivity contribution in [3.8, 4) is 0 Å². The average Bonchev–Trinajstić information content (AvgIpc) is 2.90. The summed E-state index contributed by atoms with van der Waals surface area (Å²) < 4.78 is 1.91. The Morgan fingerprint density at radius 2 is 1.95 bits per heavy atom. The van der Waals surface area contributed by atoms with Crippen LogP contribution in [-0.2, 0) is 12.0 Å². The Morgan fingerprint density at radius 1 is 1.25 bits per heavy atom. The van der Waals surface area contributed by atoms with Gasteiger partial charge < -0.3 is 6.15 Å². The molecule has 1 heterocycles. The van der Waals surface area contributed by atoms with Gasteiger partial charge in [-0.25, -0.2) is 4.98 Å². The molecule has 0 bridgehead atoms. The molecule has 1 unspecified atom stereocenters. The molecule has 1 aromatic heterocycles. The first-order chi connectivity index (χ1) is 9.14. The van der Waals surface area contributed by atoms with E-state index in [4.69, 9.17) is 11.6 Å². The Balaban J connectivity index is 0.00000200. The fourth-order valence-electron chi connectivity index (χ4n) is 2.41. The summed E-state index contributed by atoms with van der Waals surface area (Å²) in [5.74, 6) is 0. The van der Waals surface area contributed by atoms with E-state index in [1.165, 1.54) is 18.4 Å². The van der Waals surface area contributed by atoms with Gasteiger partial charge in [-0.3, -0.25) is 4.68 Å². The highest BCUT2D eigenvalue weighted by molar-refractivity contribution is 6.30. The third kappa shape index (κ3) is 4.05. The van der Waals surface area contributed by atoms with Crippen molar-refractivity contribution in [1.82, 2.24) is 20.9 Å². The molecule has 20 heavy (non-hydrogen) atoms. The molecule has 0 saturated carbocycles. The van der Waals surface area contributed by atoms with Crippen LogP contribution >= 0.6 is 11.6 Å². The van der Waals surface area contributed by atoms with Crippen LogP contribution in [0.4, 0.5) is 0 Å². The molecule has 0 aliphatic heterocycles. The SMILES string of the molecule is CCCCC(C)(Cn1cncn1)c1ccc(Cl)cc1.N. The van der Waals surface area contributed by atoms with E-state index in [1.807, 2.05) is 16.8 Å². The molecule has 0 aliphatic rings. The van der Waals surface area contributed by atoms with Gasteiger partial charge in [0.15, 0.2) is 0 Å². The summed E-state index contributed by atoms with van der Waals surface area (Å²) in [6, 6.07) is 8.16. The third-order valence-corrected chi connectivity index (χ3v) is 3.85. The van der Waals surface area contributed by atoms with Gasteiger partial charge in [0.1, 0.15) is 12.7 Å². The largest absolute Gasteiger partial charge is 0.344 e. The number of hydrogen-bond donors (Lipinski definition) is 1. The molecule has 0 fully saturated rings. The first-order valence-electron chi connectivity index (χ1n) is 6.72. The normalized spacial score (nSPS) is 13.6. The molecule has 1 atom stereocenters. The highest BCUT2D eigenvalue weighted by Crippen LogP contribution is 2.32. The Kier molecular flexibility index (Phi) is 6.17. The van der Waals surface area contributed by atoms with Gasteiger partial charge in [0.25, 0.3) is 0 Å². The van der Waals surface area contributed by atoms with Crippen molar-refractivity contribution in [3.05, 3.63) is 47.5 Å².